The van der Waals surface area contributed by atoms with E-state index in [9.17, 15) is 22.8 Å². The van der Waals surface area contributed by atoms with Crippen LogP contribution in [-0.4, -0.2) is 34.1 Å². The fourth-order valence-corrected chi connectivity index (χ4v) is 3.10. The van der Waals surface area contributed by atoms with Gasteiger partial charge in [0.15, 0.2) is 5.16 Å². The monoisotopic (exact) mass is 399 g/mol. The molecule has 9 heteroatoms. The molecule has 1 heterocycles. The molecule has 27 heavy (non-hydrogen) atoms. The van der Waals surface area contributed by atoms with E-state index in [0.29, 0.717) is 16.4 Å². The first-order chi connectivity index (χ1) is 12.6. The smallest absolute Gasteiger partial charge is 0.341 e. The van der Waals surface area contributed by atoms with Crippen LogP contribution in [0, 0.1) is 6.92 Å². The number of carbonyl (C=O) groups excluding carboxylic acids is 1. The lowest BCUT2D eigenvalue weighted by molar-refractivity contribution is -0.139. The van der Waals surface area contributed by atoms with Crippen molar-refractivity contribution in [2.45, 2.75) is 37.6 Å². The number of thioether (sulfide) groups is 1. The van der Waals surface area contributed by atoms with E-state index < -0.39 is 11.7 Å². The van der Waals surface area contributed by atoms with Gasteiger partial charge in [-0.3, -0.25) is 9.59 Å². The average Bonchev–Trinajstić information content (AvgIpc) is 2.60. The number of rotatable bonds is 6. The van der Waals surface area contributed by atoms with Crippen LogP contribution in [-0.2, 0) is 23.9 Å². The summed E-state index contributed by atoms with van der Waals surface area (Å²) in [7, 11) is 1.45. The molecular formula is C18H20F3N3O2S. The number of aromatic amines is 1. The lowest BCUT2D eigenvalue weighted by atomic mass is 10.1. The highest BCUT2D eigenvalue weighted by molar-refractivity contribution is 7.98. The SMILES string of the molecule is CSc1nc(C)c(CCC(=O)N(C)Cc2ccccc2C(F)(F)F)c(=O)[nH]1. The normalized spacial score (nSPS) is 11.5. The van der Waals surface area contributed by atoms with Crippen molar-refractivity contribution in [1.82, 2.24) is 14.9 Å². The second-order valence-corrected chi connectivity index (χ2v) is 6.84. The van der Waals surface area contributed by atoms with E-state index in [0.717, 1.165) is 6.07 Å². The van der Waals surface area contributed by atoms with Crippen LogP contribution in [0.25, 0.3) is 0 Å². The van der Waals surface area contributed by atoms with E-state index in [1.807, 2.05) is 0 Å². The number of aromatic nitrogens is 2. The van der Waals surface area contributed by atoms with Crippen molar-refractivity contribution in [3.8, 4) is 0 Å². The fraction of sp³-hybridized carbons (Fsp3) is 0.389. The Balaban J connectivity index is 2.07. The van der Waals surface area contributed by atoms with Gasteiger partial charge in [0, 0.05) is 31.3 Å². The van der Waals surface area contributed by atoms with Crippen LogP contribution in [0.15, 0.2) is 34.2 Å². The summed E-state index contributed by atoms with van der Waals surface area (Å²) < 4.78 is 39.2. The van der Waals surface area contributed by atoms with E-state index in [1.165, 1.54) is 41.9 Å². The molecule has 0 bridgehead atoms. The molecule has 0 saturated heterocycles. The Hall–Kier alpha value is -2.29. The molecule has 2 rings (SSSR count). The van der Waals surface area contributed by atoms with Gasteiger partial charge in [0.25, 0.3) is 5.56 Å². The summed E-state index contributed by atoms with van der Waals surface area (Å²) in [6.45, 7) is 1.53. The quantitative estimate of drug-likeness (QED) is 0.597. The van der Waals surface area contributed by atoms with Crippen LogP contribution in [0.3, 0.4) is 0 Å². The summed E-state index contributed by atoms with van der Waals surface area (Å²) >= 11 is 1.31. The Bertz CT molecular complexity index is 881. The van der Waals surface area contributed by atoms with Gasteiger partial charge in [-0.1, -0.05) is 30.0 Å². The number of H-pyrrole nitrogens is 1. The third kappa shape index (κ3) is 5.35. The Labute approximate surface area is 159 Å². The summed E-state index contributed by atoms with van der Waals surface area (Å²) in [4.78, 5) is 32.5. The number of alkyl halides is 3. The van der Waals surface area contributed by atoms with Gasteiger partial charge >= 0.3 is 6.18 Å². The first-order valence-electron chi connectivity index (χ1n) is 8.16. The molecular weight excluding hydrogens is 379 g/mol. The summed E-state index contributed by atoms with van der Waals surface area (Å²) in [6.07, 6.45) is -2.51. The van der Waals surface area contributed by atoms with Gasteiger partial charge in [-0.15, -0.1) is 0 Å². The van der Waals surface area contributed by atoms with Gasteiger partial charge in [0.2, 0.25) is 5.91 Å². The van der Waals surface area contributed by atoms with Crippen molar-refractivity contribution in [2.75, 3.05) is 13.3 Å². The van der Waals surface area contributed by atoms with Crippen molar-refractivity contribution in [3.05, 3.63) is 57.0 Å². The number of benzene rings is 1. The third-order valence-corrected chi connectivity index (χ3v) is 4.72. The van der Waals surface area contributed by atoms with Crippen molar-refractivity contribution in [3.63, 3.8) is 0 Å². The van der Waals surface area contributed by atoms with Gasteiger partial charge < -0.3 is 9.88 Å². The molecule has 0 atom stereocenters. The van der Waals surface area contributed by atoms with E-state index in [4.69, 9.17) is 0 Å². The number of carbonyl (C=O) groups is 1. The summed E-state index contributed by atoms with van der Waals surface area (Å²) in [5.41, 5.74) is -0.0782. The van der Waals surface area contributed by atoms with Crippen LogP contribution in [0.1, 0.15) is 28.8 Å². The minimum Gasteiger partial charge on any atom is -0.341 e. The molecule has 0 aliphatic carbocycles. The molecule has 1 N–H and O–H groups in total. The molecule has 2 aromatic rings. The van der Waals surface area contributed by atoms with Crippen molar-refractivity contribution in [2.24, 2.45) is 0 Å². The van der Waals surface area contributed by atoms with Gasteiger partial charge in [0.1, 0.15) is 0 Å². The zero-order valence-electron chi connectivity index (χ0n) is 15.2. The minimum atomic E-state index is -4.48. The highest BCUT2D eigenvalue weighted by atomic mass is 32.2. The number of hydrogen-bond donors (Lipinski definition) is 1. The van der Waals surface area contributed by atoms with E-state index >= 15 is 0 Å². The molecule has 146 valence electrons. The van der Waals surface area contributed by atoms with Crippen LogP contribution >= 0.6 is 11.8 Å². The Morgan fingerprint density at radius 2 is 1.96 bits per heavy atom. The molecule has 0 radical (unpaired) electrons. The van der Waals surface area contributed by atoms with E-state index in [-0.39, 0.29) is 36.4 Å². The lowest BCUT2D eigenvalue weighted by Gasteiger charge is -2.20. The fourth-order valence-electron chi connectivity index (χ4n) is 2.68. The molecule has 1 amide bonds. The summed E-state index contributed by atoms with van der Waals surface area (Å²) in [5.74, 6) is -0.347. The number of halogens is 3. The van der Waals surface area contributed by atoms with Crippen LogP contribution in [0.4, 0.5) is 13.2 Å². The Kier molecular flexibility index (Phi) is 6.69. The van der Waals surface area contributed by atoms with Crippen molar-refractivity contribution < 1.29 is 18.0 Å². The number of hydrogen-bond acceptors (Lipinski definition) is 4. The van der Waals surface area contributed by atoms with Crippen molar-refractivity contribution >= 4 is 17.7 Å². The number of nitrogens with one attached hydrogen (secondary N) is 1. The largest absolute Gasteiger partial charge is 0.416 e. The zero-order valence-corrected chi connectivity index (χ0v) is 16.0. The molecule has 5 nitrogen and oxygen atoms in total. The minimum absolute atomic E-state index is 0.00883. The second-order valence-electron chi connectivity index (χ2n) is 6.04. The van der Waals surface area contributed by atoms with Gasteiger partial charge in [0.05, 0.1) is 5.56 Å². The molecule has 0 spiro atoms. The van der Waals surface area contributed by atoms with Gasteiger partial charge in [-0.2, -0.15) is 13.2 Å². The first-order valence-corrected chi connectivity index (χ1v) is 9.38. The van der Waals surface area contributed by atoms with E-state index in [2.05, 4.69) is 9.97 Å². The predicted octanol–water partition coefficient (Wildman–Crippen LogP) is 3.41. The highest BCUT2D eigenvalue weighted by Crippen LogP contribution is 2.32. The average molecular weight is 399 g/mol. The van der Waals surface area contributed by atoms with Crippen molar-refractivity contribution in [1.29, 1.82) is 0 Å². The first kappa shape index (κ1) is 21.0. The summed E-state index contributed by atoms with van der Waals surface area (Å²) in [6, 6.07) is 5.17. The molecule has 0 unspecified atom stereocenters. The lowest BCUT2D eigenvalue weighted by Crippen LogP contribution is -2.28. The Morgan fingerprint density at radius 3 is 2.56 bits per heavy atom. The predicted molar refractivity (Wildman–Crippen MR) is 97.6 cm³/mol. The third-order valence-electron chi connectivity index (χ3n) is 4.14. The number of amides is 1. The molecule has 1 aromatic carbocycles. The number of nitrogens with zero attached hydrogens (tertiary/aromatic N) is 2. The molecule has 0 saturated carbocycles. The van der Waals surface area contributed by atoms with Crippen LogP contribution in [0.5, 0.6) is 0 Å². The van der Waals surface area contributed by atoms with Gasteiger partial charge in [-0.05, 0) is 31.2 Å². The molecule has 0 aliphatic rings. The Morgan fingerprint density at radius 1 is 1.30 bits per heavy atom. The maximum absolute atomic E-state index is 13.1. The van der Waals surface area contributed by atoms with Crippen LogP contribution < -0.4 is 5.56 Å². The topological polar surface area (TPSA) is 66.1 Å². The number of aryl methyl sites for hydroxylation is 1. The molecule has 1 aromatic heterocycles. The van der Waals surface area contributed by atoms with E-state index in [1.54, 1.807) is 13.2 Å². The zero-order chi connectivity index (χ0) is 20.2. The van der Waals surface area contributed by atoms with Crippen LogP contribution in [0.2, 0.25) is 0 Å². The van der Waals surface area contributed by atoms with Gasteiger partial charge in [-0.25, -0.2) is 4.98 Å². The molecule has 0 aliphatic heterocycles. The summed E-state index contributed by atoms with van der Waals surface area (Å²) in [5, 5.41) is 0.494. The maximum Gasteiger partial charge on any atom is 0.416 e. The maximum atomic E-state index is 13.1. The molecule has 0 fully saturated rings. The standard InChI is InChI=1S/C18H20F3N3O2S/c1-11-13(16(26)23-17(22-11)27-3)8-9-15(25)24(2)10-12-6-4-5-7-14(12)18(19,20)21/h4-7H,8-10H2,1-3H3,(H,22,23,26). The highest BCUT2D eigenvalue weighted by Gasteiger charge is 2.33. The second kappa shape index (κ2) is 8.60.